The van der Waals surface area contributed by atoms with E-state index in [0.717, 1.165) is 5.69 Å². The number of carbonyl (C=O) groups is 4. The van der Waals surface area contributed by atoms with Gasteiger partial charge in [-0.05, 0) is 49.9 Å². The van der Waals surface area contributed by atoms with Gasteiger partial charge in [-0.2, -0.15) is 0 Å². The molecule has 0 bridgehead atoms. The summed E-state index contributed by atoms with van der Waals surface area (Å²) in [6.07, 6.45) is 0.251. The molecular weight excluding hydrogens is 516 g/mol. The second kappa shape index (κ2) is 9.97. The number of anilines is 1. The number of phenols is 1. The normalized spacial score (nSPS) is 28.4. The smallest absolute Gasteiger partial charge is 0.235 e. The Hall–Kier alpha value is -3.28. The Morgan fingerprint density at radius 2 is 1.77 bits per heavy atom. The Balaban J connectivity index is 1.88. The number of amides is 1. The van der Waals surface area contributed by atoms with Gasteiger partial charge in [0.25, 0.3) is 0 Å². The maximum Gasteiger partial charge on any atom is 0.235 e. The van der Waals surface area contributed by atoms with Crippen molar-refractivity contribution in [3.05, 3.63) is 28.3 Å². The van der Waals surface area contributed by atoms with Crippen molar-refractivity contribution in [3.8, 4) is 5.75 Å². The summed E-state index contributed by atoms with van der Waals surface area (Å²) in [6, 6.07) is 0.726. The number of hydrogen-bond donors (Lipinski definition) is 5. The lowest BCUT2D eigenvalue weighted by atomic mass is 9.54. The van der Waals surface area contributed by atoms with Crippen LogP contribution in [0.5, 0.6) is 5.75 Å². The van der Waals surface area contributed by atoms with E-state index < -0.39 is 58.4 Å². The summed E-state index contributed by atoms with van der Waals surface area (Å²) in [4.78, 5) is 56.1. The Morgan fingerprint density at radius 3 is 2.30 bits per heavy atom. The monoisotopic (exact) mass is 556 g/mol. The molecule has 1 aromatic carbocycles. The van der Waals surface area contributed by atoms with Gasteiger partial charge in [0.1, 0.15) is 11.5 Å². The molecule has 40 heavy (non-hydrogen) atoms. The molecule has 1 aromatic rings. The quantitative estimate of drug-likeness (QED) is 0.311. The van der Waals surface area contributed by atoms with Crippen LogP contribution in [0.3, 0.4) is 0 Å². The van der Waals surface area contributed by atoms with Crippen molar-refractivity contribution in [2.45, 2.75) is 51.8 Å². The van der Waals surface area contributed by atoms with Gasteiger partial charge in [0, 0.05) is 49.9 Å². The minimum absolute atomic E-state index is 0.00680. The van der Waals surface area contributed by atoms with Crippen LogP contribution in [0.2, 0.25) is 0 Å². The van der Waals surface area contributed by atoms with Crippen molar-refractivity contribution in [2.75, 3.05) is 39.6 Å². The summed E-state index contributed by atoms with van der Waals surface area (Å²) < 4.78 is 0. The van der Waals surface area contributed by atoms with Crippen LogP contribution >= 0.6 is 0 Å². The number of hydrogen-bond acceptors (Lipinski definition) is 10. The number of Topliss-reactive ketones (excluding diaryl/α,β-unsaturated/α-hetero) is 3. The molecule has 1 unspecified atom stereocenters. The molecule has 4 rings (SSSR count). The summed E-state index contributed by atoms with van der Waals surface area (Å²) in [5.41, 5.74) is 4.41. The first-order chi connectivity index (χ1) is 18.4. The third kappa shape index (κ3) is 4.49. The fraction of sp³-hybridized carbons (Fsp3) is 0.586. The van der Waals surface area contributed by atoms with E-state index in [1.54, 1.807) is 14.1 Å². The van der Waals surface area contributed by atoms with E-state index in [-0.39, 0.29) is 35.1 Å². The second-order valence-electron chi connectivity index (χ2n) is 12.9. The number of nitrogens with one attached hydrogen (secondary N) is 1. The molecule has 11 heteroatoms. The maximum atomic E-state index is 14.0. The summed E-state index contributed by atoms with van der Waals surface area (Å²) in [5, 5.41) is 37.9. The molecule has 0 radical (unpaired) electrons. The van der Waals surface area contributed by atoms with Gasteiger partial charge in [-0.3, -0.25) is 24.1 Å². The van der Waals surface area contributed by atoms with Crippen LogP contribution in [-0.4, -0.2) is 89.9 Å². The number of benzene rings is 1. The highest BCUT2D eigenvalue weighted by molar-refractivity contribution is 6.32. The van der Waals surface area contributed by atoms with Gasteiger partial charge < -0.3 is 31.3 Å². The third-order valence-electron chi connectivity index (χ3n) is 8.37. The van der Waals surface area contributed by atoms with E-state index >= 15 is 0 Å². The number of aliphatic hydroxyl groups excluding tert-OH is 1. The van der Waals surface area contributed by atoms with E-state index in [4.69, 9.17) is 5.73 Å². The summed E-state index contributed by atoms with van der Waals surface area (Å²) in [6.45, 7) is 7.19. The highest BCUT2D eigenvalue weighted by Crippen LogP contribution is 2.53. The third-order valence-corrected chi connectivity index (χ3v) is 8.37. The lowest BCUT2D eigenvalue weighted by Gasteiger charge is -2.51. The minimum atomic E-state index is -2.73. The Kier molecular flexibility index (Phi) is 7.40. The number of aliphatic hydroxyl groups is 2. The van der Waals surface area contributed by atoms with Crippen molar-refractivity contribution in [1.29, 1.82) is 0 Å². The largest absolute Gasteiger partial charge is 0.507 e. The minimum Gasteiger partial charge on any atom is -0.507 e. The number of likely N-dealkylation sites (N-methyl/N-ethyl adjacent to an activating group) is 1. The standard InChI is InChI=1S/C29H40N4O7/c1-28(2,3)12-31-11-14-10-17(32(4)5)15-8-13-9-16-21(33(6)7)24(36)20(27(30)39)26(38)29(16,40)25(37)18(13)23(35)19(15)22(14)34/h10,13,16,20-21,31,34-35,40H,8-9,11-12H2,1-7H3,(H2,30,39)/t13-,16-,20?,21-,29-/m0/s1. The zero-order chi connectivity index (χ0) is 30.1. The molecule has 0 heterocycles. The van der Waals surface area contributed by atoms with Gasteiger partial charge in [0.05, 0.1) is 11.6 Å². The van der Waals surface area contributed by atoms with Gasteiger partial charge >= 0.3 is 0 Å². The van der Waals surface area contributed by atoms with Crippen LogP contribution < -0.4 is 16.0 Å². The molecule has 0 aromatic heterocycles. The molecule has 0 saturated heterocycles. The van der Waals surface area contributed by atoms with Gasteiger partial charge in [-0.25, -0.2) is 0 Å². The van der Waals surface area contributed by atoms with E-state index in [1.165, 1.54) is 4.90 Å². The molecule has 5 atom stereocenters. The van der Waals surface area contributed by atoms with Crippen molar-refractivity contribution in [1.82, 2.24) is 10.2 Å². The number of carbonyl (C=O) groups excluding carboxylic acids is 4. The van der Waals surface area contributed by atoms with Crippen molar-refractivity contribution < 1.29 is 34.5 Å². The van der Waals surface area contributed by atoms with Crippen LogP contribution in [0.1, 0.15) is 43.9 Å². The molecule has 3 aliphatic carbocycles. The van der Waals surface area contributed by atoms with Crippen molar-refractivity contribution in [3.63, 3.8) is 0 Å². The highest BCUT2D eigenvalue weighted by Gasteiger charge is 2.67. The first kappa shape index (κ1) is 29.7. The number of fused-ring (bicyclic) bond motifs is 3. The highest BCUT2D eigenvalue weighted by atomic mass is 16.3. The van der Waals surface area contributed by atoms with Gasteiger partial charge in [0.2, 0.25) is 11.7 Å². The Bertz CT molecular complexity index is 1330. The Morgan fingerprint density at radius 1 is 1.15 bits per heavy atom. The molecule has 6 N–H and O–H groups in total. The van der Waals surface area contributed by atoms with Crippen LogP contribution in [0.25, 0.3) is 5.76 Å². The number of rotatable bonds is 6. The average molecular weight is 557 g/mol. The molecule has 1 amide bonds. The summed E-state index contributed by atoms with van der Waals surface area (Å²) in [5.74, 6) is -8.79. The molecule has 2 saturated carbocycles. The predicted molar refractivity (Wildman–Crippen MR) is 149 cm³/mol. The average Bonchev–Trinajstić information content (AvgIpc) is 2.81. The first-order valence-electron chi connectivity index (χ1n) is 13.4. The Labute approximate surface area is 234 Å². The molecule has 3 aliphatic rings. The van der Waals surface area contributed by atoms with Crippen molar-refractivity contribution in [2.24, 2.45) is 28.9 Å². The van der Waals surface area contributed by atoms with Crippen LogP contribution in [0.15, 0.2) is 11.6 Å². The van der Waals surface area contributed by atoms with E-state index in [0.29, 0.717) is 24.2 Å². The van der Waals surface area contributed by atoms with Gasteiger partial charge in [0.15, 0.2) is 23.1 Å². The van der Waals surface area contributed by atoms with E-state index in [9.17, 15) is 34.5 Å². The zero-order valence-electron chi connectivity index (χ0n) is 24.2. The van der Waals surface area contributed by atoms with Crippen LogP contribution in [0.4, 0.5) is 5.69 Å². The number of phenolic OH excluding ortho intramolecular Hbond substituents is 1. The molecule has 0 spiro atoms. The summed E-state index contributed by atoms with van der Waals surface area (Å²) >= 11 is 0. The number of primary amides is 1. The molecule has 0 aliphatic heterocycles. The predicted octanol–water partition coefficient (Wildman–Crippen LogP) is 0.539. The fourth-order valence-electron chi connectivity index (χ4n) is 6.60. The first-order valence-corrected chi connectivity index (χ1v) is 13.4. The molecule has 11 nitrogen and oxygen atoms in total. The van der Waals surface area contributed by atoms with Crippen LogP contribution in [-0.2, 0) is 32.1 Å². The van der Waals surface area contributed by atoms with Crippen molar-refractivity contribution >= 4 is 34.7 Å². The lowest BCUT2D eigenvalue weighted by Crippen LogP contribution is -2.72. The SMILES string of the molecule is CN(C)c1cc(CNCC(C)(C)C)c(O)c2c1C[C@H]1C[C@H]3[C@H](N(C)C)C(=O)C(C(N)=O)C(=O)[C@@]3(O)C(=O)C1=C2O. The fourth-order valence-corrected chi connectivity index (χ4v) is 6.60. The second-order valence-corrected chi connectivity index (χ2v) is 12.9. The zero-order valence-corrected chi connectivity index (χ0v) is 24.2. The number of nitrogens with zero attached hydrogens (tertiary/aromatic N) is 2. The number of ketones is 3. The molecule has 2 fully saturated rings. The van der Waals surface area contributed by atoms with E-state index in [1.807, 2.05) is 25.1 Å². The van der Waals surface area contributed by atoms with E-state index in [2.05, 4.69) is 26.1 Å². The molecular formula is C29H40N4O7. The molecule has 218 valence electrons. The van der Waals surface area contributed by atoms with Crippen LogP contribution in [0, 0.1) is 23.2 Å². The summed E-state index contributed by atoms with van der Waals surface area (Å²) in [7, 11) is 6.81. The lowest BCUT2D eigenvalue weighted by molar-refractivity contribution is -0.175. The van der Waals surface area contributed by atoms with Gasteiger partial charge in [-0.15, -0.1) is 0 Å². The number of aromatic hydroxyl groups is 1. The number of nitrogens with two attached hydrogens (primary N) is 1. The van der Waals surface area contributed by atoms with Gasteiger partial charge in [-0.1, -0.05) is 20.8 Å². The topological polar surface area (TPSA) is 173 Å². The maximum absolute atomic E-state index is 14.0.